The van der Waals surface area contributed by atoms with Crippen LogP contribution in [0.15, 0.2) is 53.4 Å². The van der Waals surface area contributed by atoms with E-state index in [0.717, 1.165) is 10.5 Å². The van der Waals surface area contributed by atoms with Gasteiger partial charge in [-0.1, -0.05) is 31.2 Å². The lowest BCUT2D eigenvalue weighted by molar-refractivity contribution is -0.132. The van der Waals surface area contributed by atoms with Gasteiger partial charge in [0.2, 0.25) is 0 Å². The summed E-state index contributed by atoms with van der Waals surface area (Å²) >= 11 is 1.63. The van der Waals surface area contributed by atoms with Crippen molar-refractivity contribution in [3.8, 4) is 0 Å². The zero-order valence-electron chi connectivity index (χ0n) is 14.1. The maximum atomic E-state index is 13.2. The highest BCUT2D eigenvalue weighted by Crippen LogP contribution is 2.33. The van der Waals surface area contributed by atoms with Crippen molar-refractivity contribution in [2.24, 2.45) is 0 Å². The summed E-state index contributed by atoms with van der Waals surface area (Å²) in [7, 11) is 0. The SMILES string of the molecule is CCC1(c2ccc(F)cc2)NC(=O)N(Cc2ccc(SC)cc2)C1=O. The summed E-state index contributed by atoms with van der Waals surface area (Å²) in [5, 5.41) is 2.81. The molecule has 130 valence electrons. The molecule has 0 radical (unpaired) electrons. The topological polar surface area (TPSA) is 49.4 Å². The molecule has 2 aromatic rings. The maximum Gasteiger partial charge on any atom is 0.325 e. The Balaban J connectivity index is 1.88. The number of halogens is 1. The van der Waals surface area contributed by atoms with Gasteiger partial charge in [-0.05, 0) is 48.1 Å². The van der Waals surface area contributed by atoms with Crippen molar-refractivity contribution in [1.29, 1.82) is 0 Å². The van der Waals surface area contributed by atoms with E-state index in [-0.39, 0.29) is 18.3 Å². The molecular formula is C19H19FN2O2S. The zero-order chi connectivity index (χ0) is 18.0. The molecule has 25 heavy (non-hydrogen) atoms. The summed E-state index contributed by atoms with van der Waals surface area (Å²) < 4.78 is 13.2. The standard InChI is InChI=1S/C19H19FN2O2S/c1-3-19(14-6-8-15(20)9-7-14)17(23)22(18(24)21-19)12-13-4-10-16(25-2)11-5-13/h4-11H,3,12H2,1-2H3,(H,21,24). The van der Waals surface area contributed by atoms with Crippen LogP contribution in [0.4, 0.5) is 9.18 Å². The Hall–Kier alpha value is -2.34. The zero-order valence-corrected chi connectivity index (χ0v) is 14.9. The van der Waals surface area contributed by atoms with E-state index in [1.54, 1.807) is 23.9 Å². The number of imide groups is 1. The van der Waals surface area contributed by atoms with E-state index in [2.05, 4.69) is 5.32 Å². The van der Waals surface area contributed by atoms with E-state index in [1.807, 2.05) is 37.4 Å². The molecule has 1 aliphatic rings. The summed E-state index contributed by atoms with van der Waals surface area (Å²) in [6, 6.07) is 13.0. The third kappa shape index (κ3) is 3.14. The molecule has 0 bridgehead atoms. The van der Waals surface area contributed by atoms with Crippen LogP contribution in [-0.4, -0.2) is 23.1 Å². The van der Waals surface area contributed by atoms with Crippen LogP contribution in [0.1, 0.15) is 24.5 Å². The van der Waals surface area contributed by atoms with Crippen molar-refractivity contribution in [3.05, 3.63) is 65.5 Å². The van der Waals surface area contributed by atoms with Gasteiger partial charge in [0.05, 0.1) is 6.54 Å². The van der Waals surface area contributed by atoms with Gasteiger partial charge in [-0.2, -0.15) is 0 Å². The fraction of sp³-hybridized carbons (Fsp3) is 0.263. The number of rotatable bonds is 5. The van der Waals surface area contributed by atoms with Gasteiger partial charge in [-0.15, -0.1) is 11.8 Å². The smallest absolute Gasteiger partial charge is 0.319 e. The van der Waals surface area contributed by atoms with Crippen LogP contribution in [0.25, 0.3) is 0 Å². The Morgan fingerprint density at radius 1 is 1.08 bits per heavy atom. The molecule has 6 heteroatoms. The number of nitrogens with zero attached hydrogens (tertiary/aromatic N) is 1. The second-order valence-corrected chi connectivity index (χ2v) is 6.81. The molecule has 3 rings (SSSR count). The Bertz CT molecular complexity index is 792. The lowest BCUT2D eigenvalue weighted by Gasteiger charge is -2.25. The molecule has 0 spiro atoms. The minimum atomic E-state index is -1.13. The molecule has 2 aromatic carbocycles. The van der Waals surface area contributed by atoms with Crippen LogP contribution in [-0.2, 0) is 16.9 Å². The summed E-state index contributed by atoms with van der Waals surface area (Å²) in [5.41, 5.74) is 0.339. The minimum Gasteiger partial charge on any atom is -0.319 e. The number of amides is 3. The van der Waals surface area contributed by atoms with Crippen molar-refractivity contribution in [1.82, 2.24) is 10.2 Å². The molecule has 4 nitrogen and oxygen atoms in total. The highest BCUT2D eigenvalue weighted by atomic mass is 32.2. The summed E-state index contributed by atoms with van der Waals surface area (Å²) in [5.74, 6) is -0.682. The molecule has 0 aromatic heterocycles. The van der Waals surface area contributed by atoms with Crippen molar-refractivity contribution in [2.45, 2.75) is 30.3 Å². The largest absolute Gasteiger partial charge is 0.325 e. The number of carbonyl (C=O) groups excluding carboxylic acids is 2. The highest BCUT2D eigenvalue weighted by Gasteiger charge is 2.51. The Morgan fingerprint density at radius 2 is 1.72 bits per heavy atom. The predicted molar refractivity (Wildman–Crippen MR) is 95.7 cm³/mol. The fourth-order valence-electron chi connectivity index (χ4n) is 3.06. The summed E-state index contributed by atoms with van der Waals surface area (Å²) in [6.45, 7) is 2.04. The van der Waals surface area contributed by atoms with E-state index in [0.29, 0.717) is 12.0 Å². The molecule has 1 heterocycles. The molecule has 1 unspecified atom stereocenters. The number of thioether (sulfide) groups is 1. The predicted octanol–water partition coefficient (Wildman–Crippen LogP) is 3.90. The van der Waals surface area contributed by atoms with E-state index in [4.69, 9.17) is 0 Å². The van der Waals surface area contributed by atoms with Crippen LogP contribution in [0.5, 0.6) is 0 Å². The third-order valence-electron chi connectivity index (χ3n) is 4.54. The number of benzene rings is 2. The van der Waals surface area contributed by atoms with Gasteiger partial charge in [-0.25, -0.2) is 9.18 Å². The average Bonchev–Trinajstić information content (AvgIpc) is 2.88. The highest BCUT2D eigenvalue weighted by molar-refractivity contribution is 7.98. The molecule has 1 atom stereocenters. The van der Waals surface area contributed by atoms with Crippen molar-refractivity contribution < 1.29 is 14.0 Å². The Labute approximate surface area is 150 Å². The van der Waals surface area contributed by atoms with Gasteiger partial charge in [0.25, 0.3) is 5.91 Å². The second-order valence-electron chi connectivity index (χ2n) is 5.94. The number of hydrogen-bond acceptors (Lipinski definition) is 3. The van der Waals surface area contributed by atoms with Crippen molar-refractivity contribution in [2.75, 3.05) is 6.26 Å². The van der Waals surface area contributed by atoms with Crippen LogP contribution in [0.3, 0.4) is 0 Å². The molecule has 1 fully saturated rings. The van der Waals surface area contributed by atoms with E-state index >= 15 is 0 Å². The first kappa shape index (κ1) is 17.5. The van der Waals surface area contributed by atoms with Crippen molar-refractivity contribution >= 4 is 23.7 Å². The normalized spacial score (nSPS) is 20.0. The van der Waals surface area contributed by atoms with Crippen molar-refractivity contribution in [3.63, 3.8) is 0 Å². The second kappa shape index (κ2) is 6.88. The van der Waals surface area contributed by atoms with Gasteiger partial charge >= 0.3 is 6.03 Å². The number of hydrogen-bond donors (Lipinski definition) is 1. The molecule has 1 N–H and O–H groups in total. The van der Waals surface area contributed by atoms with Crippen LogP contribution >= 0.6 is 11.8 Å². The summed E-state index contributed by atoms with van der Waals surface area (Å²) in [6.07, 6.45) is 2.38. The fourth-order valence-corrected chi connectivity index (χ4v) is 3.47. The molecule has 1 aliphatic heterocycles. The molecule has 0 aliphatic carbocycles. The average molecular weight is 358 g/mol. The minimum absolute atomic E-state index is 0.211. The summed E-state index contributed by atoms with van der Waals surface area (Å²) in [4.78, 5) is 27.8. The van der Waals surface area contributed by atoms with Crippen LogP contribution in [0.2, 0.25) is 0 Å². The number of urea groups is 1. The van der Waals surface area contributed by atoms with Gasteiger partial charge < -0.3 is 5.32 Å². The van der Waals surface area contributed by atoms with Crippen LogP contribution in [0, 0.1) is 5.82 Å². The maximum absolute atomic E-state index is 13.2. The monoisotopic (exact) mass is 358 g/mol. The molecular weight excluding hydrogens is 339 g/mol. The van der Waals surface area contributed by atoms with E-state index in [9.17, 15) is 14.0 Å². The van der Waals surface area contributed by atoms with E-state index < -0.39 is 11.6 Å². The van der Waals surface area contributed by atoms with Gasteiger partial charge in [-0.3, -0.25) is 9.69 Å². The lowest BCUT2D eigenvalue weighted by Crippen LogP contribution is -2.43. The molecule has 3 amide bonds. The Morgan fingerprint density at radius 3 is 2.28 bits per heavy atom. The number of nitrogens with one attached hydrogen (secondary N) is 1. The Kier molecular flexibility index (Phi) is 4.81. The van der Waals surface area contributed by atoms with Gasteiger partial charge in [0, 0.05) is 4.90 Å². The van der Waals surface area contributed by atoms with Crippen LogP contribution < -0.4 is 5.32 Å². The molecule has 0 saturated carbocycles. The van der Waals surface area contributed by atoms with Gasteiger partial charge in [0.15, 0.2) is 0 Å². The lowest BCUT2D eigenvalue weighted by atomic mass is 9.87. The first-order chi connectivity index (χ1) is 12.0. The first-order valence-corrected chi connectivity index (χ1v) is 9.25. The number of carbonyl (C=O) groups is 2. The quantitative estimate of drug-likeness (QED) is 0.651. The van der Waals surface area contributed by atoms with E-state index in [1.165, 1.54) is 17.0 Å². The molecule has 1 saturated heterocycles. The van der Waals surface area contributed by atoms with Gasteiger partial charge in [0.1, 0.15) is 11.4 Å². The first-order valence-electron chi connectivity index (χ1n) is 8.03. The third-order valence-corrected chi connectivity index (χ3v) is 5.29.